The molecule has 0 aliphatic carbocycles. The summed E-state index contributed by atoms with van der Waals surface area (Å²) in [7, 11) is 0. The Morgan fingerprint density at radius 1 is 1.38 bits per heavy atom. The molecule has 0 amide bonds. The molecule has 0 aliphatic heterocycles. The van der Waals surface area contributed by atoms with Gasteiger partial charge in [-0.1, -0.05) is 24.9 Å². The maximum absolute atomic E-state index is 13.7. The molecule has 1 rings (SSSR count). The molecule has 0 saturated heterocycles. The molecular weight excluding hydrogens is 298 g/mol. The van der Waals surface area contributed by atoms with Crippen LogP contribution in [0.15, 0.2) is 12.1 Å². The monoisotopic (exact) mass is 318 g/mol. The molecule has 0 aliphatic rings. The summed E-state index contributed by atoms with van der Waals surface area (Å²) in [5.41, 5.74) is -0.0503. The summed E-state index contributed by atoms with van der Waals surface area (Å²) in [4.78, 5) is 11.2. The molecule has 0 spiro atoms. The van der Waals surface area contributed by atoms with E-state index in [1.165, 1.54) is 19.9 Å². The smallest absolute Gasteiger partial charge is 0.162 e. The molecule has 2 atom stereocenters. The molecule has 0 aromatic heterocycles. The number of rotatable bonds is 8. The predicted molar refractivity (Wildman–Crippen MR) is 80.5 cm³/mol. The van der Waals surface area contributed by atoms with Gasteiger partial charge in [-0.25, -0.2) is 8.78 Å². The Balaban J connectivity index is 2.70. The van der Waals surface area contributed by atoms with Crippen LogP contribution in [-0.2, 0) is 0 Å². The van der Waals surface area contributed by atoms with E-state index in [2.05, 4.69) is 0 Å². The van der Waals surface area contributed by atoms with Crippen LogP contribution in [0.1, 0.15) is 50.4 Å². The molecule has 1 aromatic rings. The average molecular weight is 319 g/mol. The third-order valence-corrected chi connectivity index (χ3v) is 3.72. The molecule has 21 heavy (non-hydrogen) atoms. The normalized spacial score (nSPS) is 13.8. The molecule has 0 heterocycles. The van der Waals surface area contributed by atoms with Gasteiger partial charge in [-0.2, -0.15) is 0 Å². The number of benzene rings is 1. The van der Waals surface area contributed by atoms with E-state index in [1.807, 2.05) is 6.92 Å². The number of Topliss-reactive ketones (excluding diaryl/α,β-unsaturated/α-hetero) is 1. The van der Waals surface area contributed by atoms with Crippen LogP contribution in [-0.4, -0.2) is 18.6 Å². The van der Waals surface area contributed by atoms with E-state index < -0.39 is 12.0 Å². The lowest BCUT2D eigenvalue weighted by Gasteiger charge is -2.17. The van der Waals surface area contributed by atoms with Crippen LogP contribution >= 0.6 is 11.6 Å². The van der Waals surface area contributed by atoms with Crippen molar-refractivity contribution in [2.75, 3.05) is 6.61 Å². The van der Waals surface area contributed by atoms with Gasteiger partial charge < -0.3 is 4.74 Å². The number of ketones is 1. The topological polar surface area (TPSA) is 26.3 Å². The molecule has 0 bridgehead atoms. The maximum atomic E-state index is 13.7. The molecule has 0 saturated carbocycles. The molecule has 0 fully saturated rings. The summed E-state index contributed by atoms with van der Waals surface area (Å²) in [6.45, 7) is 5.15. The number of alkyl halides is 1. The SMILES string of the molecule is CCC(CCC(C)F)COc1cc(F)c(C(C)=O)cc1Cl. The van der Waals surface area contributed by atoms with Crippen molar-refractivity contribution in [3.63, 3.8) is 0 Å². The van der Waals surface area contributed by atoms with Gasteiger partial charge in [0.2, 0.25) is 0 Å². The first-order chi connectivity index (χ1) is 9.85. The van der Waals surface area contributed by atoms with Crippen LogP contribution in [0.25, 0.3) is 0 Å². The van der Waals surface area contributed by atoms with Gasteiger partial charge >= 0.3 is 0 Å². The van der Waals surface area contributed by atoms with Gasteiger partial charge in [0.1, 0.15) is 11.6 Å². The number of ether oxygens (including phenoxy) is 1. The molecule has 2 unspecified atom stereocenters. The van der Waals surface area contributed by atoms with Crippen LogP contribution in [0.2, 0.25) is 5.02 Å². The Bertz CT molecular complexity index is 489. The number of carbonyl (C=O) groups excluding carboxylic acids is 1. The van der Waals surface area contributed by atoms with E-state index in [0.717, 1.165) is 12.5 Å². The zero-order valence-corrected chi connectivity index (χ0v) is 13.3. The van der Waals surface area contributed by atoms with Gasteiger partial charge in [-0.3, -0.25) is 4.79 Å². The van der Waals surface area contributed by atoms with Crippen molar-refractivity contribution in [3.8, 4) is 5.75 Å². The van der Waals surface area contributed by atoms with Crippen LogP contribution in [0.3, 0.4) is 0 Å². The minimum absolute atomic E-state index is 0.0503. The molecule has 118 valence electrons. The fraction of sp³-hybridized carbons (Fsp3) is 0.562. The van der Waals surface area contributed by atoms with E-state index in [9.17, 15) is 13.6 Å². The summed E-state index contributed by atoms with van der Waals surface area (Å²) in [5.74, 6) is -0.627. The van der Waals surface area contributed by atoms with Crippen LogP contribution in [0, 0.1) is 11.7 Å². The van der Waals surface area contributed by atoms with E-state index in [4.69, 9.17) is 16.3 Å². The van der Waals surface area contributed by atoms with Crippen molar-refractivity contribution in [2.45, 2.75) is 46.2 Å². The van der Waals surface area contributed by atoms with Gasteiger partial charge in [-0.15, -0.1) is 0 Å². The summed E-state index contributed by atoms with van der Waals surface area (Å²) >= 11 is 6.00. The minimum Gasteiger partial charge on any atom is -0.492 e. The second-order valence-electron chi connectivity index (χ2n) is 5.26. The first kappa shape index (κ1) is 17.9. The van der Waals surface area contributed by atoms with Crippen molar-refractivity contribution >= 4 is 17.4 Å². The van der Waals surface area contributed by atoms with Crippen molar-refractivity contribution in [1.82, 2.24) is 0 Å². The Morgan fingerprint density at radius 2 is 2.05 bits per heavy atom. The molecule has 0 radical (unpaired) electrons. The number of carbonyl (C=O) groups is 1. The maximum Gasteiger partial charge on any atom is 0.162 e. The highest BCUT2D eigenvalue weighted by Gasteiger charge is 2.15. The Hall–Kier alpha value is -1.16. The molecule has 1 aromatic carbocycles. The largest absolute Gasteiger partial charge is 0.492 e. The van der Waals surface area contributed by atoms with E-state index >= 15 is 0 Å². The molecule has 0 N–H and O–H groups in total. The quantitative estimate of drug-likeness (QED) is 0.614. The number of hydrogen-bond acceptors (Lipinski definition) is 2. The van der Waals surface area contributed by atoms with Crippen LogP contribution in [0.4, 0.5) is 8.78 Å². The minimum atomic E-state index is -0.838. The van der Waals surface area contributed by atoms with Crippen molar-refractivity contribution in [1.29, 1.82) is 0 Å². The standard InChI is InChI=1S/C16H21ClF2O2/c1-4-12(6-5-10(2)18)9-21-16-8-15(19)13(11(3)20)7-14(16)17/h7-8,10,12H,4-6,9H2,1-3H3. The lowest BCUT2D eigenvalue weighted by molar-refractivity contribution is 0.101. The average Bonchev–Trinajstić information content (AvgIpc) is 2.41. The Labute approximate surface area is 129 Å². The van der Waals surface area contributed by atoms with Gasteiger partial charge in [0, 0.05) is 6.07 Å². The zero-order valence-electron chi connectivity index (χ0n) is 12.6. The second-order valence-corrected chi connectivity index (χ2v) is 5.67. The third kappa shape index (κ3) is 5.62. The lowest BCUT2D eigenvalue weighted by atomic mass is 10.00. The summed E-state index contributed by atoms with van der Waals surface area (Å²) in [5, 5.41) is 0.204. The number of hydrogen-bond donors (Lipinski definition) is 0. The summed E-state index contributed by atoms with van der Waals surface area (Å²) in [6.07, 6.45) is 1.20. The van der Waals surface area contributed by atoms with Crippen molar-refractivity contribution < 1.29 is 18.3 Å². The van der Waals surface area contributed by atoms with Gasteiger partial charge in [0.15, 0.2) is 5.78 Å². The van der Waals surface area contributed by atoms with Crippen LogP contribution in [0.5, 0.6) is 5.75 Å². The zero-order chi connectivity index (χ0) is 16.0. The first-order valence-electron chi connectivity index (χ1n) is 7.12. The predicted octanol–water partition coefficient (Wildman–Crippen LogP) is 5.22. The molecule has 2 nitrogen and oxygen atoms in total. The fourth-order valence-corrected chi connectivity index (χ4v) is 2.21. The highest BCUT2D eigenvalue weighted by molar-refractivity contribution is 6.32. The van der Waals surface area contributed by atoms with E-state index in [1.54, 1.807) is 0 Å². The third-order valence-electron chi connectivity index (χ3n) is 3.43. The lowest BCUT2D eigenvalue weighted by Crippen LogP contribution is -2.13. The Morgan fingerprint density at radius 3 is 2.57 bits per heavy atom. The summed E-state index contributed by atoms with van der Waals surface area (Å²) < 4.78 is 32.1. The van der Waals surface area contributed by atoms with Crippen molar-refractivity contribution in [3.05, 3.63) is 28.5 Å². The molecule has 5 heteroatoms. The van der Waals surface area contributed by atoms with E-state index in [0.29, 0.717) is 19.4 Å². The van der Waals surface area contributed by atoms with Gasteiger partial charge in [-0.05, 0) is 38.7 Å². The summed E-state index contributed by atoms with van der Waals surface area (Å²) in [6, 6.07) is 2.41. The number of halogens is 3. The Kier molecular flexibility index (Phi) is 7.09. The van der Waals surface area contributed by atoms with Gasteiger partial charge in [0.25, 0.3) is 0 Å². The fourth-order valence-electron chi connectivity index (χ4n) is 1.99. The first-order valence-corrected chi connectivity index (χ1v) is 7.49. The van der Waals surface area contributed by atoms with Crippen molar-refractivity contribution in [2.24, 2.45) is 5.92 Å². The second kappa shape index (κ2) is 8.32. The van der Waals surface area contributed by atoms with E-state index in [-0.39, 0.29) is 28.0 Å². The van der Waals surface area contributed by atoms with Gasteiger partial charge in [0.05, 0.1) is 23.4 Å². The highest BCUT2D eigenvalue weighted by atomic mass is 35.5. The highest BCUT2D eigenvalue weighted by Crippen LogP contribution is 2.29. The van der Waals surface area contributed by atoms with Crippen LogP contribution < -0.4 is 4.74 Å². The molecular formula is C16H21ClF2O2.